The molecule has 2 heterocycles. The van der Waals surface area contributed by atoms with Crippen LogP contribution in [0, 0.1) is 5.92 Å². The van der Waals surface area contributed by atoms with Gasteiger partial charge in [-0.2, -0.15) is 0 Å². The van der Waals surface area contributed by atoms with Gasteiger partial charge >= 0.3 is 11.9 Å². The highest BCUT2D eigenvalue weighted by molar-refractivity contribution is 8.23. The number of ether oxygens (including phenoxy) is 3. The molecule has 0 bridgehead atoms. The van der Waals surface area contributed by atoms with Crippen LogP contribution in [0.4, 0.5) is 0 Å². The van der Waals surface area contributed by atoms with E-state index in [1.807, 2.05) is 0 Å². The summed E-state index contributed by atoms with van der Waals surface area (Å²) in [6.45, 7) is 6.66. The highest BCUT2D eigenvalue weighted by Gasteiger charge is 2.38. The molecule has 0 radical (unpaired) electrons. The fraction of sp³-hybridized carbons (Fsp3) is 0.667. The zero-order valence-corrected chi connectivity index (χ0v) is 17.5. The average Bonchev–Trinajstić information content (AvgIpc) is 2.96. The predicted octanol–water partition coefficient (Wildman–Crippen LogP) is 2.08. The van der Waals surface area contributed by atoms with Gasteiger partial charge in [0, 0.05) is 25.6 Å². The third-order valence-corrected chi connectivity index (χ3v) is 5.81. The van der Waals surface area contributed by atoms with Gasteiger partial charge in [0.15, 0.2) is 0 Å². The van der Waals surface area contributed by atoms with Crippen LogP contribution in [0.3, 0.4) is 0 Å². The molecule has 2 rings (SSSR count). The van der Waals surface area contributed by atoms with E-state index in [0.29, 0.717) is 10.2 Å². The maximum atomic E-state index is 12.8. The van der Waals surface area contributed by atoms with E-state index in [0.717, 1.165) is 5.75 Å². The summed E-state index contributed by atoms with van der Waals surface area (Å²) in [4.78, 5) is 36.9. The van der Waals surface area contributed by atoms with Crippen molar-refractivity contribution in [3.05, 3.63) is 12.2 Å². The number of rotatable bonds is 6. The van der Waals surface area contributed by atoms with Crippen LogP contribution in [-0.4, -0.2) is 63.8 Å². The van der Waals surface area contributed by atoms with Crippen LogP contribution in [0.15, 0.2) is 12.2 Å². The quantitative estimate of drug-likeness (QED) is 0.371. The third kappa shape index (κ3) is 6.02. The Bertz CT molecular complexity index is 635. The van der Waals surface area contributed by atoms with Crippen molar-refractivity contribution in [2.45, 2.75) is 58.5 Å². The highest BCUT2D eigenvalue weighted by atomic mass is 32.2. The van der Waals surface area contributed by atoms with Crippen molar-refractivity contribution >= 4 is 46.1 Å². The van der Waals surface area contributed by atoms with Crippen LogP contribution in [0.5, 0.6) is 0 Å². The normalized spacial score (nSPS) is 27.7. The summed E-state index contributed by atoms with van der Waals surface area (Å²) >= 11 is 6.85. The van der Waals surface area contributed by atoms with Crippen LogP contribution in [0.1, 0.15) is 34.1 Å². The number of hydrogen-bond acceptors (Lipinski definition) is 8. The minimum absolute atomic E-state index is 0.0606. The van der Waals surface area contributed by atoms with Crippen molar-refractivity contribution in [2.24, 2.45) is 5.92 Å². The fourth-order valence-electron chi connectivity index (χ4n) is 2.95. The number of amides is 1. The van der Waals surface area contributed by atoms with Crippen molar-refractivity contribution in [3.63, 3.8) is 0 Å². The SMILES string of the molecule is CC(=O)OC[C@H]1O[C@H](CC(=O)N2C(=S)SC[C@@H]2C(C)C)C=C[C@@H]1OC(C)=O. The minimum atomic E-state index is -0.667. The second kappa shape index (κ2) is 9.66. The van der Waals surface area contributed by atoms with E-state index in [9.17, 15) is 14.4 Å². The maximum absolute atomic E-state index is 12.8. The van der Waals surface area contributed by atoms with Crippen LogP contribution < -0.4 is 0 Å². The molecule has 9 heteroatoms. The van der Waals surface area contributed by atoms with Gasteiger partial charge in [0.05, 0.1) is 12.5 Å². The number of nitrogens with zero attached hydrogens (tertiary/aromatic N) is 1. The molecular formula is C18H25NO6S2. The molecule has 27 heavy (non-hydrogen) atoms. The van der Waals surface area contributed by atoms with Crippen molar-refractivity contribution in [2.75, 3.05) is 12.4 Å². The zero-order valence-electron chi connectivity index (χ0n) is 15.9. The summed E-state index contributed by atoms with van der Waals surface area (Å²) in [5.41, 5.74) is 0. The number of carbonyl (C=O) groups excluding carboxylic acids is 3. The van der Waals surface area contributed by atoms with Gasteiger partial charge in [-0.3, -0.25) is 19.3 Å². The monoisotopic (exact) mass is 415 g/mol. The maximum Gasteiger partial charge on any atom is 0.303 e. The van der Waals surface area contributed by atoms with Crippen molar-refractivity contribution < 1.29 is 28.6 Å². The topological polar surface area (TPSA) is 82.1 Å². The van der Waals surface area contributed by atoms with Crippen LogP contribution in [0.2, 0.25) is 0 Å². The molecule has 1 fully saturated rings. The second-order valence-corrected chi connectivity index (χ2v) is 8.48. The molecule has 150 valence electrons. The van der Waals surface area contributed by atoms with Crippen molar-refractivity contribution in [3.8, 4) is 0 Å². The number of esters is 2. The van der Waals surface area contributed by atoms with Gasteiger partial charge in [-0.25, -0.2) is 0 Å². The molecule has 0 aromatic rings. The van der Waals surface area contributed by atoms with Gasteiger partial charge in [-0.15, -0.1) is 0 Å². The van der Waals surface area contributed by atoms with Crippen molar-refractivity contribution in [1.82, 2.24) is 4.90 Å². The molecule has 1 amide bonds. The van der Waals surface area contributed by atoms with Gasteiger partial charge in [0.1, 0.15) is 23.1 Å². The Balaban J connectivity index is 2.05. The first kappa shape index (κ1) is 21.8. The largest absolute Gasteiger partial charge is 0.463 e. The van der Waals surface area contributed by atoms with Gasteiger partial charge in [-0.05, 0) is 12.0 Å². The molecule has 7 nitrogen and oxygen atoms in total. The molecule has 2 aliphatic rings. The summed E-state index contributed by atoms with van der Waals surface area (Å²) in [6, 6.07) is 0.0770. The fourth-order valence-corrected chi connectivity index (χ4v) is 4.61. The lowest BCUT2D eigenvalue weighted by Crippen LogP contribution is -2.45. The average molecular weight is 416 g/mol. The molecular weight excluding hydrogens is 390 g/mol. The molecule has 0 spiro atoms. The Kier molecular flexibility index (Phi) is 7.81. The van der Waals surface area contributed by atoms with Gasteiger partial charge in [0.2, 0.25) is 5.91 Å². The lowest BCUT2D eigenvalue weighted by atomic mass is 10.0. The van der Waals surface area contributed by atoms with Crippen LogP contribution in [0.25, 0.3) is 0 Å². The van der Waals surface area contributed by atoms with E-state index in [4.69, 9.17) is 26.4 Å². The molecule has 0 aromatic heterocycles. The van der Waals surface area contributed by atoms with E-state index in [1.54, 1.807) is 17.1 Å². The third-order valence-electron chi connectivity index (χ3n) is 4.30. The van der Waals surface area contributed by atoms with Crippen LogP contribution in [-0.2, 0) is 28.6 Å². The zero-order chi connectivity index (χ0) is 20.1. The number of carbonyl (C=O) groups is 3. The molecule has 0 N–H and O–H groups in total. The Morgan fingerprint density at radius 2 is 2.00 bits per heavy atom. The molecule has 2 aliphatic heterocycles. The Hall–Kier alpha value is -1.45. The summed E-state index contributed by atoms with van der Waals surface area (Å²) in [7, 11) is 0. The Morgan fingerprint density at radius 3 is 2.59 bits per heavy atom. The summed E-state index contributed by atoms with van der Waals surface area (Å²) in [5.74, 6) is 0.0782. The van der Waals surface area contributed by atoms with E-state index in [-0.39, 0.29) is 25.0 Å². The van der Waals surface area contributed by atoms with Gasteiger partial charge in [0.25, 0.3) is 0 Å². The summed E-state index contributed by atoms with van der Waals surface area (Å²) in [6.07, 6.45) is 1.65. The molecule has 0 unspecified atom stereocenters. The Labute approximate surface area is 168 Å². The Morgan fingerprint density at radius 1 is 1.30 bits per heavy atom. The first-order valence-electron chi connectivity index (χ1n) is 8.82. The smallest absolute Gasteiger partial charge is 0.303 e. The summed E-state index contributed by atoms with van der Waals surface area (Å²) in [5, 5.41) is 0. The van der Waals surface area contributed by atoms with E-state index < -0.39 is 30.3 Å². The van der Waals surface area contributed by atoms with Crippen molar-refractivity contribution in [1.29, 1.82) is 0 Å². The minimum Gasteiger partial charge on any atom is -0.463 e. The van der Waals surface area contributed by atoms with Crippen LogP contribution >= 0.6 is 24.0 Å². The first-order valence-corrected chi connectivity index (χ1v) is 10.2. The first-order chi connectivity index (χ1) is 12.7. The van der Waals surface area contributed by atoms with E-state index in [2.05, 4.69) is 13.8 Å². The summed E-state index contributed by atoms with van der Waals surface area (Å²) < 4.78 is 16.7. The standard InChI is InChI=1S/C18H25NO6S2/c1-10(2)14-9-27-18(26)19(14)17(22)7-13-5-6-15(24-12(4)21)16(25-13)8-23-11(3)20/h5-6,10,13-16H,7-9H2,1-4H3/t13-,14+,15-,16+/m0/s1. The van der Waals surface area contributed by atoms with E-state index >= 15 is 0 Å². The molecule has 0 aliphatic carbocycles. The predicted molar refractivity (Wildman–Crippen MR) is 105 cm³/mol. The molecule has 4 atom stereocenters. The molecule has 1 saturated heterocycles. The lowest BCUT2D eigenvalue weighted by Gasteiger charge is -2.33. The van der Waals surface area contributed by atoms with Gasteiger partial charge in [-0.1, -0.05) is 43.9 Å². The highest BCUT2D eigenvalue weighted by Crippen LogP contribution is 2.30. The number of thiocarbonyl (C=S) groups is 1. The number of hydrogen-bond donors (Lipinski definition) is 0. The second-order valence-electron chi connectivity index (χ2n) is 6.83. The number of thioether (sulfide) groups is 1. The lowest BCUT2D eigenvalue weighted by molar-refractivity contribution is -0.165. The van der Waals surface area contributed by atoms with E-state index in [1.165, 1.54) is 25.6 Å². The van der Waals surface area contributed by atoms with Gasteiger partial charge < -0.3 is 14.2 Å². The molecule has 0 saturated carbocycles. The molecule has 0 aromatic carbocycles.